The number of nitrogens with one attached hydrogen (secondary N) is 1. The lowest BCUT2D eigenvalue weighted by molar-refractivity contribution is -0.0114. The van der Waals surface area contributed by atoms with Crippen LogP contribution in [0.25, 0.3) is 11.2 Å². The Bertz CT molecular complexity index is 2580. The molecule has 0 aliphatic carbocycles. The van der Waals surface area contributed by atoms with Crippen LogP contribution in [-0.4, -0.2) is 49.6 Å². The highest BCUT2D eigenvalue weighted by Gasteiger charge is 2.40. The molecule has 2 atom stereocenters. The van der Waals surface area contributed by atoms with Gasteiger partial charge in [-0.2, -0.15) is 0 Å². The Balaban J connectivity index is 1.21. The Morgan fingerprint density at radius 1 is 0.631 bits per heavy atom. The molecule has 11 heteroatoms. The zero-order valence-electron chi connectivity index (χ0n) is 37.3. The van der Waals surface area contributed by atoms with Crippen LogP contribution in [0.3, 0.4) is 0 Å². The molecule has 0 spiro atoms. The van der Waals surface area contributed by atoms with Gasteiger partial charge in [0.1, 0.15) is 29.3 Å². The zero-order valence-corrected chi connectivity index (χ0v) is 38.2. The molecule has 2 heterocycles. The minimum atomic E-state index is -4.09. The van der Waals surface area contributed by atoms with Gasteiger partial charge in [-0.25, -0.2) is 15.0 Å². The number of benzene rings is 6. The molecule has 0 saturated heterocycles. The summed E-state index contributed by atoms with van der Waals surface area (Å²) in [4.78, 5) is 25.6. The molecule has 6 aromatic carbocycles. The third-order valence-corrected chi connectivity index (χ3v) is 13.6. The van der Waals surface area contributed by atoms with Crippen molar-refractivity contribution >= 4 is 24.6 Å². The molecular weight excluding hydrogens is 830 g/mol. The molecular formula is C54H56N5O5P. The fraction of sp³-hybridized carbons (Fsp3) is 0.241. The highest BCUT2D eigenvalue weighted by atomic mass is 31.2. The quantitative estimate of drug-likeness (QED) is 0.0438. The highest BCUT2D eigenvalue weighted by molar-refractivity contribution is 7.52. The third-order valence-electron chi connectivity index (χ3n) is 12.3. The lowest BCUT2D eigenvalue weighted by atomic mass is 9.77. The normalized spacial score (nSPS) is 13.7. The Morgan fingerprint density at radius 3 is 1.49 bits per heavy atom. The molecule has 0 saturated carbocycles. The lowest BCUT2D eigenvalue weighted by Crippen LogP contribution is -2.38. The summed E-state index contributed by atoms with van der Waals surface area (Å²) in [6.45, 7) is 7.83. The Labute approximate surface area is 381 Å². The minimum Gasteiger partial charge on any atom is -0.369 e. The van der Waals surface area contributed by atoms with Crippen molar-refractivity contribution in [3.05, 3.63) is 228 Å². The summed E-state index contributed by atoms with van der Waals surface area (Å²) in [6.07, 6.45) is 3.25. The number of fused-ring (bicyclic) bond motifs is 1. The van der Waals surface area contributed by atoms with E-state index in [-0.39, 0.29) is 19.1 Å². The van der Waals surface area contributed by atoms with Crippen molar-refractivity contribution in [1.29, 1.82) is 0 Å². The number of nitrogens with zero attached hydrogens (tertiary/aromatic N) is 4. The largest absolute Gasteiger partial charge is 0.369 e. The van der Waals surface area contributed by atoms with Crippen molar-refractivity contribution in [2.45, 2.75) is 56.9 Å². The summed E-state index contributed by atoms with van der Waals surface area (Å²) >= 11 is 0. The summed E-state index contributed by atoms with van der Waals surface area (Å²) in [5.41, 5.74) is 4.39. The standard InChI is InChI=1S/C54H56N5O5P/c1-41(2)52(3,4)64-65(60,61)40-62-36-35-48(37-63-54(45-29-17-8-18-30-45,46-31-19-9-20-32-46)47-33-21-10-22-34-47)59-39-57-49-50(55-38-56-51(49)59)58-53(42-23-11-5-12-24-42,43-25-13-6-14-26-43)44-27-15-7-16-28-44/h5-34,38-39,41,48H,35-37,40H2,1-4H3,(H,60,61)(H,55,56,58). The molecule has 0 radical (unpaired) electrons. The van der Waals surface area contributed by atoms with Crippen LogP contribution in [0.5, 0.6) is 0 Å². The van der Waals surface area contributed by atoms with Gasteiger partial charge < -0.3 is 28.8 Å². The van der Waals surface area contributed by atoms with E-state index in [2.05, 4.69) is 78.1 Å². The van der Waals surface area contributed by atoms with Crippen LogP contribution in [0.4, 0.5) is 5.82 Å². The number of hydrogen-bond donors (Lipinski definition) is 2. The molecule has 0 aliphatic heterocycles. The van der Waals surface area contributed by atoms with Crippen LogP contribution in [0.15, 0.2) is 195 Å². The lowest BCUT2D eigenvalue weighted by Gasteiger charge is -2.37. The molecule has 10 nitrogen and oxygen atoms in total. The molecule has 0 fully saturated rings. The number of ether oxygens (including phenoxy) is 2. The fourth-order valence-corrected chi connectivity index (χ4v) is 9.72. The molecule has 0 amide bonds. The fourth-order valence-electron chi connectivity index (χ4n) is 8.36. The van der Waals surface area contributed by atoms with Gasteiger partial charge in [0.15, 0.2) is 11.5 Å². The van der Waals surface area contributed by atoms with Gasteiger partial charge in [-0.05, 0) is 59.6 Å². The van der Waals surface area contributed by atoms with Crippen LogP contribution in [0.1, 0.15) is 73.5 Å². The Kier molecular flexibility index (Phi) is 13.8. The van der Waals surface area contributed by atoms with Gasteiger partial charge in [-0.3, -0.25) is 4.57 Å². The molecule has 2 N–H and O–H groups in total. The van der Waals surface area contributed by atoms with Crippen LogP contribution in [0, 0.1) is 5.92 Å². The van der Waals surface area contributed by atoms with E-state index in [0.29, 0.717) is 23.4 Å². The van der Waals surface area contributed by atoms with Crippen LogP contribution < -0.4 is 5.32 Å². The van der Waals surface area contributed by atoms with Crippen LogP contribution in [0.2, 0.25) is 0 Å². The minimum absolute atomic E-state index is 0.0118. The zero-order chi connectivity index (χ0) is 45.3. The van der Waals surface area contributed by atoms with Crippen LogP contribution in [-0.2, 0) is 29.7 Å². The van der Waals surface area contributed by atoms with Crippen molar-refractivity contribution in [1.82, 2.24) is 19.5 Å². The number of rotatable bonds is 20. The van der Waals surface area contributed by atoms with Crippen molar-refractivity contribution in [3.8, 4) is 0 Å². The Hall–Kier alpha value is -6.26. The van der Waals surface area contributed by atoms with Crippen molar-refractivity contribution in [3.63, 3.8) is 0 Å². The highest BCUT2D eigenvalue weighted by Crippen LogP contribution is 2.48. The first kappa shape index (κ1) is 45.3. The monoisotopic (exact) mass is 885 g/mol. The van der Waals surface area contributed by atoms with E-state index < -0.39 is 36.7 Å². The second-order valence-electron chi connectivity index (χ2n) is 17.1. The number of anilines is 1. The summed E-state index contributed by atoms with van der Waals surface area (Å²) < 4.78 is 34.5. The van der Waals surface area contributed by atoms with E-state index in [9.17, 15) is 9.46 Å². The summed E-state index contributed by atoms with van der Waals surface area (Å²) in [6, 6.07) is 61.3. The van der Waals surface area contributed by atoms with Gasteiger partial charge in [0.2, 0.25) is 0 Å². The summed E-state index contributed by atoms with van der Waals surface area (Å²) in [7, 11) is -4.09. The predicted octanol–water partition coefficient (Wildman–Crippen LogP) is 11.8. The number of imidazole rings is 1. The van der Waals surface area contributed by atoms with Crippen molar-refractivity contribution in [2.75, 3.05) is 24.9 Å². The average Bonchev–Trinajstić information content (AvgIpc) is 3.78. The molecule has 2 aromatic heterocycles. The van der Waals surface area contributed by atoms with E-state index in [0.717, 1.165) is 33.4 Å². The average molecular weight is 886 g/mol. The van der Waals surface area contributed by atoms with E-state index in [1.807, 2.05) is 141 Å². The molecule has 332 valence electrons. The number of aromatic nitrogens is 4. The van der Waals surface area contributed by atoms with Crippen molar-refractivity contribution in [2.24, 2.45) is 5.92 Å². The third kappa shape index (κ3) is 9.74. The van der Waals surface area contributed by atoms with Gasteiger partial charge in [-0.1, -0.05) is 196 Å². The molecule has 0 bridgehead atoms. The Morgan fingerprint density at radius 2 is 1.06 bits per heavy atom. The predicted molar refractivity (Wildman–Crippen MR) is 258 cm³/mol. The van der Waals surface area contributed by atoms with Gasteiger partial charge in [0.25, 0.3) is 0 Å². The SMILES string of the molecule is CC(C)C(C)(C)OP(=O)(O)COCCC(COC(c1ccccc1)(c1ccccc1)c1ccccc1)n1cnc2c(NC(c3ccccc3)(c3ccccc3)c3ccccc3)ncnc21. The van der Waals surface area contributed by atoms with Gasteiger partial charge in [0, 0.05) is 6.61 Å². The molecule has 8 rings (SSSR count). The van der Waals surface area contributed by atoms with Gasteiger partial charge >= 0.3 is 7.60 Å². The van der Waals surface area contributed by atoms with Crippen molar-refractivity contribution < 1.29 is 23.5 Å². The van der Waals surface area contributed by atoms with E-state index in [1.54, 1.807) is 12.7 Å². The maximum Gasteiger partial charge on any atom is 0.354 e. The van der Waals surface area contributed by atoms with Crippen LogP contribution >= 0.6 is 7.60 Å². The van der Waals surface area contributed by atoms with Gasteiger partial charge in [0.05, 0.1) is 24.6 Å². The van der Waals surface area contributed by atoms with E-state index in [1.165, 1.54) is 0 Å². The first-order chi connectivity index (χ1) is 31.5. The molecule has 8 aromatic rings. The van der Waals surface area contributed by atoms with Gasteiger partial charge in [-0.15, -0.1) is 0 Å². The molecule has 2 unspecified atom stereocenters. The maximum atomic E-state index is 13.3. The first-order valence-corrected chi connectivity index (χ1v) is 23.8. The molecule has 65 heavy (non-hydrogen) atoms. The van der Waals surface area contributed by atoms with E-state index in [4.69, 9.17) is 28.9 Å². The summed E-state index contributed by atoms with van der Waals surface area (Å²) in [5.74, 6) is 0.553. The second-order valence-corrected chi connectivity index (χ2v) is 18.8. The van der Waals surface area contributed by atoms with E-state index >= 15 is 0 Å². The summed E-state index contributed by atoms with van der Waals surface area (Å²) in [5, 5.41) is 3.90. The molecule has 0 aliphatic rings. The first-order valence-electron chi connectivity index (χ1n) is 22.1. The second kappa shape index (κ2) is 19.9. The topological polar surface area (TPSA) is 121 Å². The maximum absolute atomic E-state index is 13.3. The smallest absolute Gasteiger partial charge is 0.354 e. The number of hydrogen-bond acceptors (Lipinski definition) is 8.